The Labute approximate surface area is 140 Å². The van der Waals surface area contributed by atoms with Crippen molar-refractivity contribution in [3.05, 3.63) is 33.7 Å². The first kappa shape index (κ1) is 17.9. The first-order chi connectivity index (χ1) is 11.4. The first-order valence-electron chi connectivity index (χ1n) is 8.02. The van der Waals surface area contributed by atoms with Crippen molar-refractivity contribution in [2.45, 2.75) is 26.8 Å². The average molecular weight is 332 g/mol. The highest BCUT2D eigenvalue weighted by molar-refractivity contribution is 6.03. The van der Waals surface area contributed by atoms with Crippen LogP contribution in [-0.4, -0.2) is 52.7 Å². The van der Waals surface area contributed by atoms with Gasteiger partial charge in [0.15, 0.2) is 0 Å². The number of nitrogens with one attached hydrogen (secondary N) is 1. The number of nitrogens with zero attached hydrogens (tertiary/aromatic N) is 3. The molecule has 0 aliphatic carbocycles. The highest BCUT2D eigenvalue weighted by Crippen LogP contribution is 2.24. The van der Waals surface area contributed by atoms with E-state index in [1.165, 1.54) is 4.57 Å². The molecule has 0 aliphatic rings. The van der Waals surface area contributed by atoms with E-state index in [4.69, 9.17) is 0 Å². The van der Waals surface area contributed by atoms with Gasteiger partial charge in [0.1, 0.15) is 11.2 Å². The van der Waals surface area contributed by atoms with Crippen LogP contribution in [0.1, 0.15) is 29.4 Å². The van der Waals surface area contributed by atoms with Crippen LogP contribution >= 0.6 is 0 Å². The Hall–Kier alpha value is -2.41. The van der Waals surface area contributed by atoms with E-state index in [0.29, 0.717) is 29.8 Å². The maximum absolute atomic E-state index is 12.6. The smallest absolute Gasteiger partial charge is 0.343 e. The van der Waals surface area contributed by atoms with Crippen molar-refractivity contribution in [1.82, 2.24) is 14.5 Å². The van der Waals surface area contributed by atoms with E-state index in [1.807, 2.05) is 33.2 Å². The van der Waals surface area contributed by atoms with Crippen LogP contribution in [0.25, 0.3) is 11.0 Å². The summed E-state index contributed by atoms with van der Waals surface area (Å²) in [5.74, 6) is -1.22. The Morgan fingerprint density at radius 2 is 2.08 bits per heavy atom. The van der Waals surface area contributed by atoms with Gasteiger partial charge in [0.25, 0.3) is 5.56 Å². The van der Waals surface area contributed by atoms with Gasteiger partial charge in [0.05, 0.1) is 5.69 Å². The molecule has 0 unspecified atom stereocenters. The lowest BCUT2D eigenvalue weighted by atomic mass is 10.1. The monoisotopic (exact) mass is 332 g/mol. The second-order valence-electron chi connectivity index (χ2n) is 6.01. The summed E-state index contributed by atoms with van der Waals surface area (Å²) in [4.78, 5) is 30.8. The molecule has 7 heteroatoms. The third kappa shape index (κ3) is 3.56. The number of carbonyl (C=O) groups is 1. The fourth-order valence-corrected chi connectivity index (χ4v) is 2.70. The van der Waals surface area contributed by atoms with Gasteiger partial charge in [-0.15, -0.1) is 0 Å². The number of aryl methyl sites for hydroxylation is 2. The Morgan fingerprint density at radius 3 is 2.67 bits per heavy atom. The minimum Gasteiger partial charge on any atom is -0.477 e. The van der Waals surface area contributed by atoms with Gasteiger partial charge in [-0.2, -0.15) is 0 Å². The molecule has 0 fully saturated rings. The molecule has 0 bridgehead atoms. The lowest BCUT2D eigenvalue weighted by Crippen LogP contribution is -2.29. The zero-order valence-corrected chi connectivity index (χ0v) is 14.6. The van der Waals surface area contributed by atoms with Crippen LogP contribution in [0, 0.1) is 6.92 Å². The number of hydrogen-bond acceptors (Lipinski definition) is 5. The Bertz CT molecular complexity index is 812. The van der Waals surface area contributed by atoms with E-state index in [-0.39, 0.29) is 5.56 Å². The van der Waals surface area contributed by atoms with Crippen molar-refractivity contribution in [1.29, 1.82) is 0 Å². The van der Waals surface area contributed by atoms with Crippen LogP contribution in [0.5, 0.6) is 0 Å². The van der Waals surface area contributed by atoms with Crippen LogP contribution < -0.4 is 10.9 Å². The number of carboxylic acids is 1. The molecular weight excluding hydrogens is 308 g/mol. The zero-order valence-electron chi connectivity index (χ0n) is 14.6. The van der Waals surface area contributed by atoms with Crippen LogP contribution in [0.3, 0.4) is 0 Å². The lowest BCUT2D eigenvalue weighted by molar-refractivity contribution is 0.0695. The lowest BCUT2D eigenvalue weighted by Gasteiger charge is -2.17. The van der Waals surface area contributed by atoms with Gasteiger partial charge in [-0.3, -0.25) is 9.36 Å². The average Bonchev–Trinajstić information content (AvgIpc) is 2.50. The number of rotatable bonds is 7. The molecule has 0 aromatic carbocycles. The van der Waals surface area contributed by atoms with E-state index < -0.39 is 11.5 Å². The predicted molar refractivity (Wildman–Crippen MR) is 95.0 cm³/mol. The number of aromatic carboxylic acids is 1. The van der Waals surface area contributed by atoms with Gasteiger partial charge in [-0.1, -0.05) is 0 Å². The molecular formula is C17H24N4O3. The van der Waals surface area contributed by atoms with Crippen molar-refractivity contribution >= 4 is 22.7 Å². The number of hydrogen-bond donors (Lipinski definition) is 2. The highest BCUT2D eigenvalue weighted by Gasteiger charge is 2.22. The third-order valence-electron chi connectivity index (χ3n) is 3.86. The topological polar surface area (TPSA) is 87.5 Å². The Balaban J connectivity index is 2.60. The number of carboxylic acid groups (broad SMARTS) is 1. The van der Waals surface area contributed by atoms with Crippen molar-refractivity contribution in [3.63, 3.8) is 0 Å². The van der Waals surface area contributed by atoms with Gasteiger partial charge in [0, 0.05) is 24.2 Å². The van der Waals surface area contributed by atoms with E-state index in [2.05, 4.69) is 15.2 Å². The molecule has 2 heterocycles. The minimum atomic E-state index is -1.22. The molecule has 0 saturated heterocycles. The molecule has 0 saturated carbocycles. The molecule has 7 nitrogen and oxygen atoms in total. The Morgan fingerprint density at radius 1 is 1.38 bits per heavy atom. The number of anilines is 1. The summed E-state index contributed by atoms with van der Waals surface area (Å²) >= 11 is 0. The summed E-state index contributed by atoms with van der Waals surface area (Å²) in [5.41, 5.74) is 0.914. The fourth-order valence-electron chi connectivity index (χ4n) is 2.70. The highest BCUT2D eigenvalue weighted by atomic mass is 16.4. The van der Waals surface area contributed by atoms with E-state index in [9.17, 15) is 14.7 Å². The third-order valence-corrected chi connectivity index (χ3v) is 3.86. The number of fused-ring (bicyclic) bond motifs is 1. The van der Waals surface area contributed by atoms with Crippen LogP contribution in [0.2, 0.25) is 0 Å². The summed E-state index contributed by atoms with van der Waals surface area (Å²) in [6.07, 6.45) is 0.837. The van der Waals surface area contributed by atoms with E-state index in [0.717, 1.165) is 18.7 Å². The number of pyridine rings is 2. The van der Waals surface area contributed by atoms with Gasteiger partial charge in [-0.05, 0) is 53.0 Å². The second-order valence-corrected chi connectivity index (χ2v) is 6.01. The summed E-state index contributed by atoms with van der Waals surface area (Å²) in [6, 6.07) is 3.65. The molecule has 130 valence electrons. The van der Waals surface area contributed by atoms with Gasteiger partial charge >= 0.3 is 5.97 Å². The van der Waals surface area contributed by atoms with Crippen LogP contribution in [0.4, 0.5) is 5.69 Å². The molecule has 2 rings (SSSR count). The van der Waals surface area contributed by atoms with Gasteiger partial charge in [-0.25, -0.2) is 9.78 Å². The Kier molecular flexibility index (Phi) is 5.56. The number of aromatic nitrogens is 2. The molecule has 0 atom stereocenters. The van der Waals surface area contributed by atoms with E-state index in [1.54, 1.807) is 6.92 Å². The maximum Gasteiger partial charge on any atom is 0.343 e. The van der Waals surface area contributed by atoms with Gasteiger partial charge < -0.3 is 15.3 Å². The largest absolute Gasteiger partial charge is 0.477 e. The molecule has 0 amide bonds. The van der Waals surface area contributed by atoms with Crippen molar-refractivity contribution in [2.24, 2.45) is 0 Å². The van der Waals surface area contributed by atoms with E-state index >= 15 is 0 Å². The molecule has 2 aromatic rings. The minimum absolute atomic E-state index is 0.222. The van der Waals surface area contributed by atoms with Crippen LogP contribution in [-0.2, 0) is 6.54 Å². The van der Waals surface area contributed by atoms with Gasteiger partial charge in [0.2, 0.25) is 0 Å². The predicted octanol–water partition coefficient (Wildman–Crippen LogP) is 1.79. The molecule has 0 radical (unpaired) electrons. The summed E-state index contributed by atoms with van der Waals surface area (Å²) < 4.78 is 1.41. The standard InChI is InChI=1S/C17H24N4O3/c1-5-21-15-12(8-7-11(2)19-15)14(13(16(21)22)17(23)24)18-9-6-10-20(3)4/h7-8,18H,5-6,9-10H2,1-4H3,(H,23,24). The van der Waals surface area contributed by atoms with Crippen molar-refractivity contribution in [3.8, 4) is 0 Å². The van der Waals surface area contributed by atoms with Crippen molar-refractivity contribution in [2.75, 3.05) is 32.5 Å². The van der Waals surface area contributed by atoms with Crippen LogP contribution in [0.15, 0.2) is 16.9 Å². The molecule has 0 spiro atoms. The SMILES string of the molecule is CCn1c(=O)c(C(=O)O)c(NCCCN(C)C)c2ccc(C)nc21. The summed E-state index contributed by atoms with van der Waals surface area (Å²) in [5, 5.41) is 13.3. The summed E-state index contributed by atoms with van der Waals surface area (Å²) in [7, 11) is 3.96. The normalized spacial score (nSPS) is 11.2. The molecule has 2 aromatic heterocycles. The van der Waals surface area contributed by atoms with Crippen molar-refractivity contribution < 1.29 is 9.90 Å². The molecule has 2 N–H and O–H groups in total. The summed E-state index contributed by atoms with van der Waals surface area (Å²) in [6.45, 7) is 5.47. The molecule has 24 heavy (non-hydrogen) atoms. The first-order valence-corrected chi connectivity index (χ1v) is 8.02. The maximum atomic E-state index is 12.6. The zero-order chi connectivity index (χ0) is 17.9. The fraction of sp³-hybridized carbons (Fsp3) is 0.471. The quantitative estimate of drug-likeness (QED) is 0.752. The molecule has 0 aliphatic heterocycles. The second kappa shape index (κ2) is 7.44.